The summed E-state index contributed by atoms with van der Waals surface area (Å²) in [6.07, 6.45) is 4.93. The number of carbonyl (C=O) groups is 1. The van der Waals surface area contributed by atoms with Crippen LogP contribution in [0.3, 0.4) is 0 Å². The summed E-state index contributed by atoms with van der Waals surface area (Å²) in [5, 5.41) is 10.5. The molecule has 1 aliphatic heterocycles. The fourth-order valence-corrected chi connectivity index (χ4v) is 7.55. The average molecular weight is 509 g/mol. The molecule has 1 aromatic heterocycles. The van der Waals surface area contributed by atoms with Crippen LogP contribution in [0.2, 0.25) is 0 Å². The van der Waals surface area contributed by atoms with Crippen molar-refractivity contribution in [2.45, 2.75) is 78.2 Å². The Morgan fingerprint density at radius 3 is 2.37 bits per heavy atom. The largest absolute Gasteiger partial charge is 0.369 e. The summed E-state index contributed by atoms with van der Waals surface area (Å²) < 4.78 is 0. The number of nitrogens with one attached hydrogen (secondary N) is 1. The first-order chi connectivity index (χ1) is 18.1. The van der Waals surface area contributed by atoms with E-state index in [1.807, 2.05) is 19.1 Å². The molecule has 0 radical (unpaired) electrons. The summed E-state index contributed by atoms with van der Waals surface area (Å²) >= 11 is 0. The molecular formula is C33H40N4O. The maximum Gasteiger partial charge on any atom is 0.195 e. The highest BCUT2D eigenvalue weighted by Gasteiger charge is 2.46. The highest BCUT2D eigenvalue weighted by Crippen LogP contribution is 2.47. The lowest BCUT2D eigenvalue weighted by molar-refractivity contribution is -0.0260. The van der Waals surface area contributed by atoms with Crippen molar-refractivity contribution in [3.05, 3.63) is 63.3 Å². The van der Waals surface area contributed by atoms with E-state index in [9.17, 15) is 10.1 Å². The molecule has 3 aromatic rings. The number of fused-ring (bicyclic) bond motifs is 4. The third-order valence-electron chi connectivity index (χ3n) is 10.2. The van der Waals surface area contributed by atoms with Gasteiger partial charge >= 0.3 is 0 Å². The minimum Gasteiger partial charge on any atom is -0.369 e. The number of nitriles is 1. The number of hydrogen-bond acceptors (Lipinski definition) is 4. The number of piperazine rings is 1. The molecule has 1 saturated carbocycles. The smallest absolute Gasteiger partial charge is 0.195 e. The van der Waals surface area contributed by atoms with Gasteiger partial charge in [0, 0.05) is 65.0 Å². The molecule has 198 valence electrons. The van der Waals surface area contributed by atoms with Crippen LogP contribution in [0.5, 0.6) is 0 Å². The summed E-state index contributed by atoms with van der Waals surface area (Å²) in [7, 11) is 0. The number of nitrogens with zero attached hydrogens (tertiary/aromatic N) is 3. The molecule has 3 aliphatic rings. The van der Waals surface area contributed by atoms with Gasteiger partial charge < -0.3 is 9.88 Å². The second kappa shape index (κ2) is 8.71. The Morgan fingerprint density at radius 2 is 1.79 bits per heavy atom. The van der Waals surface area contributed by atoms with Gasteiger partial charge in [0.05, 0.1) is 17.2 Å². The molecule has 2 fully saturated rings. The Bertz CT molecular complexity index is 1490. The van der Waals surface area contributed by atoms with Gasteiger partial charge in [-0.2, -0.15) is 5.26 Å². The number of ketones is 1. The molecule has 2 aromatic carbocycles. The zero-order valence-corrected chi connectivity index (χ0v) is 23.8. The number of rotatable bonds is 4. The predicted octanol–water partition coefficient (Wildman–Crippen LogP) is 6.48. The van der Waals surface area contributed by atoms with Crippen LogP contribution in [0.15, 0.2) is 24.3 Å². The van der Waals surface area contributed by atoms with Crippen LogP contribution in [-0.2, 0) is 11.8 Å². The lowest BCUT2D eigenvalue weighted by atomic mass is 9.68. The molecule has 1 N–H and O–H groups in total. The number of aromatic nitrogens is 1. The number of anilines is 1. The van der Waals surface area contributed by atoms with Crippen molar-refractivity contribution in [1.29, 1.82) is 5.26 Å². The lowest BCUT2D eigenvalue weighted by Gasteiger charge is -2.56. The summed E-state index contributed by atoms with van der Waals surface area (Å²) in [5.74, 6) is 0.794. The Hall–Kier alpha value is -3.10. The first-order valence-electron chi connectivity index (χ1n) is 14.4. The molecule has 0 spiro atoms. The van der Waals surface area contributed by atoms with Crippen molar-refractivity contribution in [2.75, 3.05) is 31.1 Å². The topological polar surface area (TPSA) is 63.1 Å². The maximum absolute atomic E-state index is 14.0. The molecule has 0 unspecified atom stereocenters. The van der Waals surface area contributed by atoms with Crippen LogP contribution in [0, 0.1) is 24.2 Å². The molecule has 2 aliphatic carbocycles. The van der Waals surface area contributed by atoms with Gasteiger partial charge in [-0.3, -0.25) is 9.69 Å². The molecular weight excluding hydrogens is 468 g/mol. The quantitative estimate of drug-likeness (QED) is 0.438. The first kappa shape index (κ1) is 25.2. The SMILES string of the molecule is CCc1cc2c(cc1N1CCN(C3(C(C)C)CCC3)CC1)C(C)(C)c1[nH]c3cc(C#N)c(C)cc3c1C2=O. The molecule has 2 heterocycles. The molecule has 0 atom stereocenters. The maximum atomic E-state index is 14.0. The van der Waals surface area contributed by atoms with E-state index in [-0.39, 0.29) is 11.2 Å². The second-order valence-corrected chi connectivity index (χ2v) is 12.6. The molecule has 1 saturated heterocycles. The van der Waals surface area contributed by atoms with E-state index >= 15 is 0 Å². The van der Waals surface area contributed by atoms with Crippen molar-refractivity contribution in [1.82, 2.24) is 9.88 Å². The Labute approximate surface area is 226 Å². The van der Waals surface area contributed by atoms with E-state index in [0.29, 0.717) is 17.0 Å². The van der Waals surface area contributed by atoms with Gasteiger partial charge in [-0.1, -0.05) is 34.6 Å². The van der Waals surface area contributed by atoms with Crippen LogP contribution < -0.4 is 4.90 Å². The van der Waals surface area contributed by atoms with Gasteiger partial charge in [0.1, 0.15) is 0 Å². The summed E-state index contributed by atoms with van der Waals surface area (Å²) in [5.41, 5.74) is 8.69. The van der Waals surface area contributed by atoms with Gasteiger partial charge in [-0.25, -0.2) is 0 Å². The standard InChI is InChI=1S/C33H40N4O/c1-7-22-16-24-26(18-28(22)36-11-13-37(14-12-36)33(20(2)3)9-8-10-33)32(5,6)31-29(30(24)38)25-15-21(4)23(19-34)17-27(25)35-31/h15-18,20,35H,7-14H2,1-6H3. The predicted molar refractivity (Wildman–Crippen MR) is 154 cm³/mol. The van der Waals surface area contributed by atoms with Gasteiger partial charge in [-0.05, 0) is 79.5 Å². The first-order valence-corrected chi connectivity index (χ1v) is 14.4. The number of benzene rings is 2. The van der Waals surface area contributed by atoms with Crippen LogP contribution >= 0.6 is 0 Å². The number of H-pyrrole nitrogens is 1. The minimum absolute atomic E-state index is 0.0969. The minimum atomic E-state index is -0.352. The number of carbonyl (C=O) groups excluding carboxylic acids is 1. The van der Waals surface area contributed by atoms with E-state index in [1.165, 1.54) is 30.5 Å². The van der Waals surface area contributed by atoms with Gasteiger partial charge in [0.15, 0.2) is 5.78 Å². The third-order valence-corrected chi connectivity index (χ3v) is 10.2. The average Bonchev–Trinajstić information content (AvgIpc) is 3.25. The Kier molecular flexibility index (Phi) is 5.78. The van der Waals surface area contributed by atoms with Crippen LogP contribution in [0.4, 0.5) is 5.69 Å². The lowest BCUT2D eigenvalue weighted by Crippen LogP contribution is -2.62. The van der Waals surface area contributed by atoms with Gasteiger partial charge in [-0.15, -0.1) is 0 Å². The van der Waals surface area contributed by atoms with E-state index in [2.05, 4.69) is 67.6 Å². The summed E-state index contributed by atoms with van der Waals surface area (Å²) in [6, 6.07) is 10.7. The van der Waals surface area contributed by atoms with Crippen molar-refractivity contribution in [2.24, 2.45) is 5.92 Å². The van der Waals surface area contributed by atoms with Crippen molar-refractivity contribution < 1.29 is 4.79 Å². The molecule has 0 amide bonds. The van der Waals surface area contributed by atoms with E-state index in [4.69, 9.17) is 0 Å². The molecule has 5 heteroatoms. The van der Waals surface area contributed by atoms with Crippen molar-refractivity contribution in [3.63, 3.8) is 0 Å². The molecule has 6 rings (SSSR count). The van der Waals surface area contributed by atoms with E-state index in [0.717, 1.165) is 71.5 Å². The van der Waals surface area contributed by atoms with E-state index in [1.54, 1.807) is 0 Å². The highest BCUT2D eigenvalue weighted by molar-refractivity contribution is 6.20. The monoisotopic (exact) mass is 508 g/mol. The number of aryl methyl sites for hydroxylation is 2. The van der Waals surface area contributed by atoms with Crippen LogP contribution in [0.25, 0.3) is 10.9 Å². The third kappa shape index (κ3) is 3.42. The van der Waals surface area contributed by atoms with Gasteiger partial charge in [0.25, 0.3) is 0 Å². The molecule has 38 heavy (non-hydrogen) atoms. The normalized spacial score (nSPS) is 20.3. The fraction of sp³-hybridized carbons (Fsp3) is 0.515. The second-order valence-electron chi connectivity index (χ2n) is 12.6. The molecule has 5 nitrogen and oxygen atoms in total. The number of hydrogen-bond donors (Lipinski definition) is 1. The van der Waals surface area contributed by atoms with Crippen molar-refractivity contribution >= 4 is 22.4 Å². The van der Waals surface area contributed by atoms with E-state index < -0.39 is 0 Å². The Morgan fingerprint density at radius 1 is 1.08 bits per heavy atom. The van der Waals surface area contributed by atoms with Gasteiger partial charge in [0.2, 0.25) is 0 Å². The summed E-state index contributed by atoms with van der Waals surface area (Å²) in [4.78, 5) is 22.9. The van der Waals surface area contributed by atoms with Crippen LogP contribution in [0.1, 0.15) is 97.8 Å². The van der Waals surface area contributed by atoms with Crippen molar-refractivity contribution in [3.8, 4) is 6.07 Å². The van der Waals surface area contributed by atoms with Crippen LogP contribution in [-0.4, -0.2) is 47.4 Å². The summed E-state index contributed by atoms with van der Waals surface area (Å²) in [6.45, 7) is 17.6. The number of aromatic amines is 1. The fourth-order valence-electron chi connectivity index (χ4n) is 7.55. The molecule has 0 bridgehead atoms. The highest BCUT2D eigenvalue weighted by atomic mass is 16.1. The Balaban J connectivity index is 1.39. The zero-order valence-electron chi connectivity index (χ0n) is 23.8. The zero-order chi connectivity index (χ0) is 27.0.